The molecule has 0 unspecified atom stereocenters. The van der Waals surface area contributed by atoms with E-state index in [1.807, 2.05) is 0 Å². The summed E-state index contributed by atoms with van der Waals surface area (Å²) in [5.74, 6) is 2.40. The maximum Gasteiger partial charge on any atom is 0.223 e. The molecule has 15 heavy (non-hydrogen) atoms. The van der Waals surface area contributed by atoms with Crippen LogP contribution in [0.5, 0.6) is 0 Å². The Kier molecular flexibility index (Phi) is 1.97. The van der Waals surface area contributed by atoms with Crippen LogP contribution in [0.15, 0.2) is 0 Å². The van der Waals surface area contributed by atoms with Gasteiger partial charge in [0.15, 0.2) is 5.82 Å². The zero-order chi connectivity index (χ0) is 10.3. The van der Waals surface area contributed by atoms with Crippen molar-refractivity contribution in [2.75, 3.05) is 0 Å². The SMILES string of the molecule is O=C(NCc1nnc2n1CCC2)C1CC1. The fraction of sp³-hybridized carbons (Fsp3) is 0.700. The normalized spacial score (nSPS) is 18.9. The molecule has 5 heteroatoms. The summed E-state index contributed by atoms with van der Waals surface area (Å²) in [5, 5.41) is 11.1. The number of carbonyl (C=O) groups is 1. The van der Waals surface area contributed by atoms with Crippen molar-refractivity contribution in [1.82, 2.24) is 20.1 Å². The lowest BCUT2D eigenvalue weighted by Crippen LogP contribution is -2.25. The second kappa shape index (κ2) is 3.32. The first kappa shape index (κ1) is 8.88. The molecule has 1 saturated carbocycles. The number of hydrogen-bond donors (Lipinski definition) is 1. The highest BCUT2D eigenvalue weighted by Gasteiger charge is 2.29. The number of carbonyl (C=O) groups excluding carboxylic acids is 1. The molecule has 2 aliphatic rings. The maximum absolute atomic E-state index is 11.4. The van der Waals surface area contributed by atoms with E-state index in [4.69, 9.17) is 0 Å². The molecule has 80 valence electrons. The average molecular weight is 206 g/mol. The van der Waals surface area contributed by atoms with E-state index < -0.39 is 0 Å². The molecule has 1 fully saturated rings. The molecule has 0 saturated heterocycles. The Morgan fingerprint density at radius 1 is 1.47 bits per heavy atom. The molecule has 2 heterocycles. The molecule has 1 N–H and O–H groups in total. The van der Waals surface area contributed by atoms with E-state index in [9.17, 15) is 4.79 Å². The van der Waals surface area contributed by atoms with Gasteiger partial charge in [-0.1, -0.05) is 0 Å². The number of nitrogens with one attached hydrogen (secondary N) is 1. The van der Waals surface area contributed by atoms with Crippen molar-refractivity contribution in [3.8, 4) is 0 Å². The first-order chi connectivity index (χ1) is 7.34. The van der Waals surface area contributed by atoms with E-state index in [1.165, 1.54) is 0 Å². The Morgan fingerprint density at radius 3 is 3.13 bits per heavy atom. The number of aryl methyl sites for hydroxylation is 1. The van der Waals surface area contributed by atoms with Gasteiger partial charge in [-0.2, -0.15) is 0 Å². The van der Waals surface area contributed by atoms with Gasteiger partial charge in [-0.3, -0.25) is 4.79 Å². The lowest BCUT2D eigenvalue weighted by Gasteiger charge is -2.04. The number of fused-ring (bicyclic) bond motifs is 1. The third kappa shape index (κ3) is 1.62. The quantitative estimate of drug-likeness (QED) is 0.771. The predicted molar refractivity (Wildman–Crippen MR) is 52.9 cm³/mol. The van der Waals surface area contributed by atoms with Crippen LogP contribution in [0.1, 0.15) is 30.9 Å². The second-order valence-corrected chi connectivity index (χ2v) is 4.28. The molecule has 3 rings (SSSR count). The number of nitrogens with zero attached hydrogens (tertiary/aromatic N) is 3. The van der Waals surface area contributed by atoms with Crippen LogP contribution in [0.2, 0.25) is 0 Å². The summed E-state index contributed by atoms with van der Waals surface area (Å²) in [7, 11) is 0. The third-order valence-electron chi connectivity index (χ3n) is 3.05. The smallest absolute Gasteiger partial charge is 0.223 e. The Hall–Kier alpha value is -1.39. The number of rotatable bonds is 3. The van der Waals surface area contributed by atoms with E-state index in [2.05, 4.69) is 20.1 Å². The van der Waals surface area contributed by atoms with Crippen molar-refractivity contribution < 1.29 is 4.79 Å². The minimum absolute atomic E-state index is 0.172. The molecule has 1 aromatic heterocycles. The highest BCUT2D eigenvalue weighted by Crippen LogP contribution is 2.28. The summed E-state index contributed by atoms with van der Waals surface area (Å²) in [6.45, 7) is 1.53. The van der Waals surface area contributed by atoms with Crippen LogP contribution in [0.4, 0.5) is 0 Å². The summed E-state index contributed by atoms with van der Waals surface area (Å²) in [6.07, 6.45) is 4.26. The van der Waals surface area contributed by atoms with Crippen molar-refractivity contribution in [2.24, 2.45) is 5.92 Å². The molecule has 1 aliphatic heterocycles. The number of hydrogen-bond acceptors (Lipinski definition) is 3. The molecule has 5 nitrogen and oxygen atoms in total. The summed E-state index contributed by atoms with van der Waals surface area (Å²) in [5.41, 5.74) is 0. The van der Waals surface area contributed by atoms with E-state index in [-0.39, 0.29) is 11.8 Å². The average Bonchev–Trinajstić information content (AvgIpc) is 2.86. The summed E-state index contributed by atoms with van der Waals surface area (Å²) in [6, 6.07) is 0. The van der Waals surface area contributed by atoms with E-state index in [1.54, 1.807) is 0 Å². The first-order valence-electron chi connectivity index (χ1n) is 5.53. The van der Waals surface area contributed by atoms with E-state index >= 15 is 0 Å². The monoisotopic (exact) mass is 206 g/mol. The summed E-state index contributed by atoms with van der Waals surface area (Å²) >= 11 is 0. The van der Waals surface area contributed by atoms with Crippen LogP contribution in [0.3, 0.4) is 0 Å². The summed E-state index contributed by atoms with van der Waals surface area (Å²) < 4.78 is 2.12. The van der Waals surface area contributed by atoms with Gasteiger partial charge in [0.2, 0.25) is 5.91 Å². The zero-order valence-electron chi connectivity index (χ0n) is 8.57. The van der Waals surface area contributed by atoms with Gasteiger partial charge in [0.1, 0.15) is 5.82 Å². The molecule has 0 bridgehead atoms. The highest BCUT2D eigenvalue weighted by atomic mass is 16.2. The minimum Gasteiger partial charge on any atom is -0.349 e. The van der Waals surface area contributed by atoms with Gasteiger partial charge in [0.05, 0.1) is 6.54 Å². The zero-order valence-corrected chi connectivity index (χ0v) is 8.57. The molecular formula is C10H14N4O. The Morgan fingerprint density at radius 2 is 2.33 bits per heavy atom. The molecule has 0 spiro atoms. The third-order valence-corrected chi connectivity index (χ3v) is 3.05. The van der Waals surface area contributed by atoms with Crippen molar-refractivity contribution >= 4 is 5.91 Å². The highest BCUT2D eigenvalue weighted by molar-refractivity contribution is 5.80. The fourth-order valence-corrected chi connectivity index (χ4v) is 2.00. The van der Waals surface area contributed by atoms with Gasteiger partial charge in [0, 0.05) is 18.9 Å². The summed E-state index contributed by atoms with van der Waals surface area (Å²) in [4.78, 5) is 11.4. The Bertz CT molecular complexity index is 394. The van der Waals surface area contributed by atoms with E-state index in [0.717, 1.165) is 43.9 Å². The molecular weight excluding hydrogens is 192 g/mol. The second-order valence-electron chi connectivity index (χ2n) is 4.28. The van der Waals surface area contributed by atoms with Gasteiger partial charge in [-0.15, -0.1) is 10.2 Å². The maximum atomic E-state index is 11.4. The van der Waals surface area contributed by atoms with Gasteiger partial charge >= 0.3 is 0 Å². The van der Waals surface area contributed by atoms with Gasteiger partial charge in [-0.25, -0.2) is 0 Å². The minimum atomic E-state index is 0.172. The van der Waals surface area contributed by atoms with E-state index in [0.29, 0.717) is 6.54 Å². The van der Waals surface area contributed by atoms with Gasteiger partial charge < -0.3 is 9.88 Å². The largest absolute Gasteiger partial charge is 0.349 e. The van der Waals surface area contributed by atoms with Crippen LogP contribution in [0.25, 0.3) is 0 Å². The molecule has 1 amide bonds. The fourth-order valence-electron chi connectivity index (χ4n) is 2.00. The first-order valence-corrected chi connectivity index (χ1v) is 5.53. The predicted octanol–water partition coefficient (Wildman–Crippen LogP) is 0.250. The van der Waals surface area contributed by atoms with Crippen LogP contribution in [-0.2, 0) is 24.3 Å². The number of aromatic nitrogens is 3. The van der Waals surface area contributed by atoms with Gasteiger partial charge in [0.25, 0.3) is 0 Å². The standard InChI is InChI=1S/C10H14N4O/c15-10(7-3-4-7)11-6-9-13-12-8-2-1-5-14(8)9/h7H,1-6H2,(H,11,15). The van der Waals surface area contributed by atoms with Crippen LogP contribution >= 0.6 is 0 Å². The number of amides is 1. The lowest BCUT2D eigenvalue weighted by molar-refractivity contribution is -0.122. The molecule has 1 aliphatic carbocycles. The Labute approximate surface area is 87.9 Å². The van der Waals surface area contributed by atoms with Crippen LogP contribution in [0, 0.1) is 5.92 Å². The molecule has 0 aromatic carbocycles. The van der Waals surface area contributed by atoms with Crippen molar-refractivity contribution in [2.45, 2.75) is 38.8 Å². The van der Waals surface area contributed by atoms with Gasteiger partial charge in [-0.05, 0) is 19.3 Å². The van der Waals surface area contributed by atoms with Crippen molar-refractivity contribution in [3.05, 3.63) is 11.6 Å². The molecule has 0 radical (unpaired) electrons. The molecule has 0 atom stereocenters. The van der Waals surface area contributed by atoms with Crippen LogP contribution < -0.4 is 5.32 Å². The molecule has 1 aromatic rings. The van der Waals surface area contributed by atoms with Crippen molar-refractivity contribution in [3.63, 3.8) is 0 Å². The van der Waals surface area contributed by atoms with Crippen LogP contribution in [-0.4, -0.2) is 20.7 Å². The topological polar surface area (TPSA) is 59.8 Å². The van der Waals surface area contributed by atoms with Crippen molar-refractivity contribution in [1.29, 1.82) is 0 Å². The Balaban J connectivity index is 1.64. The lowest BCUT2D eigenvalue weighted by atomic mass is 10.4.